The Bertz CT molecular complexity index is 1910. The molecule has 0 bridgehead atoms. The van der Waals surface area contributed by atoms with Crippen LogP contribution in [0.4, 0.5) is 24.8 Å². The highest BCUT2D eigenvalue weighted by Gasteiger charge is 2.41. The molecule has 1 N–H and O–H groups in total. The van der Waals surface area contributed by atoms with Gasteiger partial charge in [0.05, 0.1) is 36.2 Å². The molecule has 46 heavy (non-hydrogen) atoms. The van der Waals surface area contributed by atoms with Crippen molar-refractivity contribution in [1.29, 1.82) is 10.5 Å². The van der Waals surface area contributed by atoms with Crippen molar-refractivity contribution in [2.24, 2.45) is 7.05 Å². The van der Waals surface area contributed by atoms with E-state index in [0.717, 1.165) is 12.5 Å². The molecule has 4 aromatic rings. The van der Waals surface area contributed by atoms with Crippen molar-refractivity contribution in [3.8, 4) is 34.7 Å². The smallest absolute Gasteiger partial charge is 0.369 e. The molecule has 2 aliphatic heterocycles. The van der Waals surface area contributed by atoms with Gasteiger partial charge in [-0.05, 0) is 85.0 Å². The molecule has 1 saturated heterocycles. The van der Waals surface area contributed by atoms with Crippen molar-refractivity contribution in [2.45, 2.75) is 58.0 Å². The van der Waals surface area contributed by atoms with Crippen molar-refractivity contribution in [3.63, 3.8) is 0 Å². The Morgan fingerprint density at radius 3 is 2.48 bits per heavy atom. The number of nitrogens with one attached hydrogen (secondary N) is 1. The van der Waals surface area contributed by atoms with E-state index in [1.165, 1.54) is 4.90 Å². The second-order valence-corrected chi connectivity index (χ2v) is 11.7. The number of amides is 1. The Labute approximate surface area is 263 Å². The van der Waals surface area contributed by atoms with E-state index in [2.05, 4.69) is 37.5 Å². The van der Waals surface area contributed by atoms with Crippen LogP contribution >= 0.6 is 0 Å². The molecule has 234 valence electrons. The molecule has 13 heteroatoms. The van der Waals surface area contributed by atoms with Crippen LogP contribution in [0.25, 0.3) is 22.5 Å². The van der Waals surface area contributed by atoms with Crippen LogP contribution in [0.5, 0.6) is 0 Å². The molecule has 2 aromatic heterocycles. The lowest BCUT2D eigenvalue weighted by Crippen LogP contribution is -2.51. The minimum absolute atomic E-state index is 0.00287. The topological polar surface area (TPSA) is 127 Å². The Morgan fingerprint density at radius 2 is 1.83 bits per heavy atom. The number of likely N-dealkylation sites (tertiary alicyclic amines) is 1. The van der Waals surface area contributed by atoms with Gasteiger partial charge in [0.2, 0.25) is 0 Å². The second-order valence-electron chi connectivity index (χ2n) is 11.7. The molecule has 0 radical (unpaired) electrons. The van der Waals surface area contributed by atoms with E-state index in [4.69, 9.17) is 5.26 Å². The van der Waals surface area contributed by atoms with Gasteiger partial charge in [0, 0.05) is 43.3 Å². The Morgan fingerprint density at radius 1 is 1.04 bits per heavy atom. The molecule has 1 amide bonds. The zero-order chi connectivity index (χ0) is 32.7. The third-order valence-corrected chi connectivity index (χ3v) is 8.63. The Balaban J connectivity index is 1.46. The van der Waals surface area contributed by atoms with E-state index < -0.39 is 17.6 Å². The first kappa shape index (κ1) is 30.7. The van der Waals surface area contributed by atoms with E-state index in [1.807, 2.05) is 13.8 Å². The van der Waals surface area contributed by atoms with Crippen LogP contribution in [0.3, 0.4) is 0 Å². The number of nitrogens with zero attached hydrogens (tertiary/aromatic N) is 8. The molecule has 0 spiro atoms. The molecule has 2 aliphatic rings. The van der Waals surface area contributed by atoms with Gasteiger partial charge in [0.25, 0.3) is 5.91 Å². The number of hydrogen-bond donors (Lipinski definition) is 1. The van der Waals surface area contributed by atoms with Gasteiger partial charge in [-0.25, -0.2) is 4.98 Å². The molecule has 6 rings (SSSR count). The van der Waals surface area contributed by atoms with E-state index >= 15 is 0 Å². The zero-order valence-corrected chi connectivity index (χ0v) is 25.4. The third kappa shape index (κ3) is 5.66. The normalized spacial score (nSPS) is 17.7. The maximum Gasteiger partial charge on any atom is 0.416 e. The summed E-state index contributed by atoms with van der Waals surface area (Å²) in [5, 5.41) is 30.0. The highest BCUT2D eigenvalue weighted by molar-refractivity contribution is 6.10. The van der Waals surface area contributed by atoms with Gasteiger partial charge in [-0.3, -0.25) is 14.6 Å². The minimum atomic E-state index is -4.66. The van der Waals surface area contributed by atoms with Gasteiger partial charge in [0.15, 0.2) is 5.82 Å². The summed E-state index contributed by atoms with van der Waals surface area (Å²) in [5.74, 6) is 0.382. The number of carbonyl (C=O) groups excluding carboxylic acids is 1. The van der Waals surface area contributed by atoms with Gasteiger partial charge >= 0.3 is 6.18 Å². The van der Waals surface area contributed by atoms with Crippen molar-refractivity contribution in [1.82, 2.24) is 24.6 Å². The number of halogens is 3. The maximum absolute atomic E-state index is 14.4. The monoisotopic (exact) mass is 625 g/mol. The van der Waals surface area contributed by atoms with Gasteiger partial charge in [-0.1, -0.05) is 0 Å². The quantitative estimate of drug-likeness (QED) is 0.240. The van der Waals surface area contributed by atoms with Gasteiger partial charge in [0.1, 0.15) is 18.0 Å². The lowest BCUT2D eigenvalue weighted by molar-refractivity contribution is -0.138. The molecule has 2 unspecified atom stereocenters. The molecule has 10 nitrogen and oxygen atoms in total. The molecule has 4 heterocycles. The van der Waals surface area contributed by atoms with Crippen LogP contribution in [0, 0.1) is 22.7 Å². The number of aryl methyl sites for hydroxylation is 1. The average Bonchev–Trinajstić information content (AvgIpc) is 3.61. The summed E-state index contributed by atoms with van der Waals surface area (Å²) in [6.45, 7) is 4.32. The average molecular weight is 626 g/mol. The number of rotatable bonds is 8. The number of pyridine rings is 1. The number of nitriles is 2. The summed E-state index contributed by atoms with van der Waals surface area (Å²) in [5.41, 5.74) is 1.66. The van der Waals surface area contributed by atoms with E-state index in [9.17, 15) is 23.2 Å². The number of hydrogen-bond acceptors (Lipinski definition) is 8. The van der Waals surface area contributed by atoms with Crippen molar-refractivity contribution < 1.29 is 18.0 Å². The number of fused-ring (bicyclic) bond motifs is 1. The SMILES string of the molecule is CC1CC(C)N1Cc1cc2c(c(C(F)(F)F)c1)CN(c1cc(-c3cc(C#N)ccc3-c3nncn3C)cc(NCCC#N)n1)C2=O. The van der Waals surface area contributed by atoms with E-state index in [-0.39, 0.29) is 48.5 Å². The number of carbonyl (C=O) groups is 1. The van der Waals surface area contributed by atoms with Gasteiger partial charge in [-0.2, -0.15) is 23.7 Å². The number of aromatic nitrogens is 4. The van der Waals surface area contributed by atoms with Gasteiger partial charge in [-0.15, -0.1) is 10.2 Å². The summed E-state index contributed by atoms with van der Waals surface area (Å²) in [7, 11) is 1.78. The maximum atomic E-state index is 14.4. The molecular weight excluding hydrogens is 595 g/mol. The van der Waals surface area contributed by atoms with E-state index in [0.29, 0.717) is 46.0 Å². The number of anilines is 2. The second kappa shape index (κ2) is 11.9. The first-order valence-electron chi connectivity index (χ1n) is 14.8. The Hall–Kier alpha value is -5.27. The first-order chi connectivity index (χ1) is 22.0. The number of benzene rings is 2. The third-order valence-electron chi connectivity index (χ3n) is 8.63. The number of alkyl halides is 3. The molecular formula is C33H30F3N9O. The van der Waals surface area contributed by atoms with Gasteiger partial charge < -0.3 is 9.88 Å². The lowest BCUT2D eigenvalue weighted by atomic mass is 9.93. The van der Waals surface area contributed by atoms with Crippen LogP contribution in [0.15, 0.2) is 48.8 Å². The van der Waals surface area contributed by atoms with Crippen molar-refractivity contribution in [3.05, 3.63) is 76.6 Å². The summed E-state index contributed by atoms with van der Waals surface area (Å²) in [6.07, 6.45) is -1.98. The molecule has 2 atom stereocenters. The van der Waals surface area contributed by atoms with Crippen LogP contribution in [-0.4, -0.2) is 49.2 Å². The van der Waals surface area contributed by atoms with Crippen LogP contribution in [0.2, 0.25) is 0 Å². The van der Waals surface area contributed by atoms with Crippen molar-refractivity contribution in [2.75, 3.05) is 16.8 Å². The fourth-order valence-electron chi connectivity index (χ4n) is 6.30. The first-order valence-corrected chi connectivity index (χ1v) is 14.8. The summed E-state index contributed by atoms with van der Waals surface area (Å²) in [4.78, 5) is 21.9. The fraction of sp³-hybridized carbons (Fsp3) is 0.333. The molecule has 2 aromatic carbocycles. The molecule has 0 aliphatic carbocycles. The predicted octanol–water partition coefficient (Wildman–Crippen LogP) is 5.90. The highest BCUT2D eigenvalue weighted by Crippen LogP contribution is 2.41. The summed E-state index contributed by atoms with van der Waals surface area (Å²) < 4.78 is 45.0. The standard InChI is InChI=1S/C33H30F3N9O/c1-19-9-20(2)44(19)16-22-11-26-27(28(12-22)33(34,35)36)17-45(32(26)46)30-14-23(13-29(41-30)39-8-4-7-37)25-10-21(15-38)5-6-24(25)31-42-40-18-43(31)3/h5-6,10-14,18-20H,4,8-9,16-17H2,1-3H3,(H,39,41). The summed E-state index contributed by atoms with van der Waals surface area (Å²) in [6, 6.07) is 15.8. The highest BCUT2D eigenvalue weighted by atomic mass is 19.4. The minimum Gasteiger partial charge on any atom is -0.369 e. The molecule has 1 fully saturated rings. The fourth-order valence-corrected chi connectivity index (χ4v) is 6.30. The largest absolute Gasteiger partial charge is 0.416 e. The summed E-state index contributed by atoms with van der Waals surface area (Å²) >= 11 is 0. The Kier molecular flexibility index (Phi) is 7.96. The van der Waals surface area contributed by atoms with Crippen LogP contribution in [0.1, 0.15) is 59.3 Å². The zero-order valence-electron chi connectivity index (χ0n) is 25.4. The van der Waals surface area contributed by atoms with Crippen molar-refractivity contribution >= 4 is 17.5 Å². The van der Waals surface area contributed by atoms with Crippen LogP contribution in [-0.2, 0) is 26.3 Å². The van der Waals surface area contributed by atoms with E-state index in [1.54, 1.807) is 54.3 Å². The predicted molar refractivity (Wildman–Crippen MR) is 164 cm³/mol. The lowest BCUT2D eigenvalue weighted by Gasteiger charge is -2.45. The molecule has 0 saturated carbocycles. The van der Waals surface area contributed by atoms with Crippen LogP contribution < -0.4 is 10.2 Å².